The first-order chi connectivity index (χ1) is 10.2. The molecule has 1 heterocycles. The molecule has 2 fully saturated rings. The van der Waals surface area contributed by atoms with Crippen LogP contribution in [0.4, 0.5) is 0 Å². The average molecular weight is 325 g/mol. The van der Waals surface area contributed by atoms with E-state index in [1.165, 1.54) is 25.5 Å². The van der Waals surface area contributed by atoms with Crippen molar-refractivity contribution in [2.24, 2.45) is 0 Å². The zero-order valence-electron chi connectivity index (χ0n) is 13.1. The summed E-state index contributed by atoms with van der Waals surface area (Å²) in [7, 11) is 1.46. The van der Waals surface area contributed by atoms with Gasteiger partial charge in [-0.1, -0.05) is 30.3 Å². The number of hydrogen-bond acceptors (Lipinski definition) is 4. The summed E-state index contributed by atoms with van der Waals surface area (Å²) in [6.45, 7) is 3.08. The van der Waals surface area contributed by atoms with Gasteiger partial charge in [-0.2, -0.15) is 0 Å². The van der Waals surface area contributed by atoms with Gasteiger partial charge in [0.2, 0.25) is 0 Å². The maximum absolute atomic E-state index is 11.3. The number of nitrogens with one attached hydrogen (secondary N) is 1. The SMILES string of the molecule is COC(=O)CCCN1C[C@H](c2ccccc2)NCC12CC2.Cl. The van der Waals surface area contributed by atoms with E-state index in [4.69, 9.17) is 4.74 Å². The minimum absolute atomic E-state index is 0. The van der Waals surface area contributed by atoms with E-state index in [0.717, 1.165) is 26.1 Å². The first kappa shape index (κ1) is 17.3. The Labute approximate surface area is 138 Å². The predicted molar refractivity (Wildman–Crippen MR) is 89.2 cm³/mol. The van der Waals surface area contributed by atoms with E-state index in [0.29, 0.717) is 18.0 Å². The van der Waals surface area contributed by atoms with E-state index in [2.05, 4.69) is 40.5 Å². The number of hydrogen-bond donors (Lipinski definition) is 1. The van der Waals surface area contributed by atoms with E-state index in [9.17, 15) is 4.79 Å². The number of nitrogens with zero attached hydrogens (tertiary/aromatic N) is 1. The van der Waals surface area contributed by atoms with Crippen LogP contribution >= 0.6 is 12.4 Å². The van der Waals surface area contributed by atoms with Crippen LogP contribution in [0.1, 0.15) is 37.3 Å². The quantitative estimate of drug-likeness (QED) is 0.845. The largest absolute Gasteiger partial charge is 0.469 e. The van der Waals surface area contributed by atoms with Gasteiger partial charge in [-0.3, -0.25) is 9.69 Å². The fourth-order valence-electron chi connectivity index (χ4n) is 3.29. The fourth-order valence-corrected chi connectivity index (χ4v) is 3.29. The normalized spacial score (nSPS) is 22.9. The maximum Gasteiger partial charge on any atom is 0.305 e. The smallest absolute Gasteiger partial charge is 0.305 e. The Morgan fingerprint density at radius 1 is 1.36 bits per heavy atom. The number of esters is 1. The van der Waals surface area contributed by atoms with E-state index in [1.54, 1.807) is 0 Å². The third-order valence-corrected chi connectivity index (χ3v) is 4.82. The summed E-state index contributed by atoms with van der Waals surface area (Å²) >= 11 is 0. The Kier molecular flexibility index (Phi) is 5.84. The lowest BCUT2D eigenvalue weighted by Crippen LogP contribution is -2.54. The van der Waals surface area contributed by atoms with Gasteiger partial charge >= 0.3 is 5.97 Å². The molecule has 122 valence electrons. The van der Waals surface area contributed by atoms with Crippen molar-refractivity contribution in [2.45, 2.75) is 37.3 Å². The second kappa shape index (κ2) is 7.44. The van der Waals surface area contributed by atoms with E-state index in [1.807, 2.05) is 0 Å². The Morgan fingerprint density at radius 2 is 2.09 bits per heavy atom. The highest BCUT2D eigenvalue weighted by molar-refractivity contribution is 5.85. The second-order valence-corrected chi connectivity index (χ2v) is 6.19. The van der Waals surface area contributed by atoms with E-state index < -0.39 is 0 Å². The van der Waals surface area contributed by atoms with Crippen LogP contribution in [0.2, 0.25) is 0 Å². The Bertz CT molecular complexity index is 491. The number of ether oxygens (including phenoxy) is 1. The van der Waals surface area contributed by atoms with Crippen molar-refractivity contribution in [3.05, 3.63) is 35.9 Å². The molecule has 2 aliphatic rings. The number of carbonyl (C=O) groups excluding carboxylic acids is 1. The number of methoxy groups -OCH3 is 1. The summed E-state index contributed by atoms with van der Waals surface area (Å²) in [6.07, 6.45) is 3.96. The van der Waals surface area contributed by atoms with Crippen LogP contribution in [0.3, 0.4) is 0 Å². The Morgan fingerprint density at radius 3 is 2.73 bits per heavy atom. The van der Waals surface area contributed by atoms with Gasteiger partial charge in [0, 0.05) is 31.1 Å². The highest BCUT2D eigenvalue weighted by atomic mass is 35.5. The zero-order valence-corrected chi connectivity index (χ0v) is 13.9. The van der Waals surface area contributed by atoms with Gasteiger partial charge in [0.25, 0.3) is 0 Å². The fraction of sp³-hybridized carbons (Fsp3) is 0.588. The molecule has 0 amide bonds. The van der Waals surface area contributed by atoms with E-state index >= 15 is 0 Å². The highest BCUT2D eigenvalue weighted by Gasteiger charge is 2.50. The lowest BCUT2D eigenvalue weighted by atomic mass is 10.0. The van der Waals surface area contributed by atoms with Crippen LogP contribution in [0.25, 0.3) is 0 Å². The summed E-state index contributed by atoms with van der Waals surface area (Å²) in [5.41, 5.74) is 1.72. The zero-order chi connectivity index (χ0) is 14.7. The summed E-state index contributed by atoms with van der Waals surface area (Å²) in [5, 5.41) is 3.70. The Hall–Kier alpha value is -1.10. The summed E-state index contributed by atoms with van der Waals surface area (Å²) < 4.78 is 4.73. The summed E-state index contributed by atoms with van der Waals surface area (Å²) in [5.74, 6) is -0.102. The van der Waals surface area contributed by atoms with Crippen molar-refractivity contribution in [3.8, 4) is 0 Å². The number of carbonyl (C=O) groups is 1. The molecule has 22 heavy (non-hydrogen) atoms. The third kappa shape index (κ3) is 3.80. The van der Waals surface area contributed by atoms with Crippen molar-refractivity contribution in [1.82, 2.24) is 10.2 Å². The molecule has 1 saturated heterocycles. The minimum atomic E-state index is -0.102. The van der Waals surface area contributed by atoms with Crippen LogP contribution in [0, 0.1) is 0 Å². The van der Waals surface area contributed by atoms with Crippen LogP contribution in [0.5, 0.6) is 0 Å². The molecule has 1 aromatic rings. The van der Waals surface area contributed by atoms with Crippen LogP contribution in [-0.4, -0.2) is 43.2 Å². The molecule has 5 heteroatoms. The van der Waals surface area contributed by atoms with Crippen molar-refractivity contribution >= 4 is 18.4 Å². The highest BCUT2D eigenvalue weighted by Crippen LogP contribution is 2.44. The standard InChI is InChI=1S/C17H24N2O2.ClH/c1-21-16(20)8-5-11-19-12-15(14-6-3-2-4-7-14)18-13-17(19)9-10-17;/h2-4,6-7,15,18H,5,8-13H2,1H3;1H/t15-;/m1./s1. The molecule has 1 N–H and O–H groups in total. The molecule has 1 saturated carbocycles. The topological polar surface area (TPSA) is 41.6 Å². The molecule has 0 unspecified atom stereocenters. The predicted octanol–water partition coefficient (Wildman–Crippen LogP) is 2.54. The first-order valence-electron chi connectivity index (χ1n) is 7.84. The molecule has 1 aliphatic carbocycles. The number of rotatable bonds is 5. The molecule has 0 radical (unpaired) electrons. The summed E-state index contributed by atoms with van der Waals surface area (Å²) in [4.78, 5) is 13.9. The third-order valence-electron chi connectivity index (χ3n) is 4.82. The molecule has 4 nitrogen and oxygen atoms in total. The van der Waals surface area contributed by atoms with Crippen molar-refractivity contribution < 1.29 is 9.53 Å². The van der Waals surface area contributed by atoms with Gasteiger partial charge in [0.05, 0.1) is 7.11 Å². The van der Waals surface area contributed by atoms with Crippen molar-refractivity contribution in [2.75, 3.05) is 26.7 Å². The van der Waals surface area contributed by atoms with Crippen LogP contribution < -0.4 is 5.32 Å². The van der Waals surface area contributed by atoms with Crippen LogP contribution in [0.15, 0.2) is 30.3 Å². The molecule has 1 aliphatic heterocycles. The molecular formula is C17H25ClN2O2. The van der Waals surface area contributed by atoms with Gasteiger partial charge in [0.1, 0.15) is 0 Å². The van der Waals surface area contributed by atoms with E-state index in [-0.39, 0.29) is 18.4 Å². The maximum atomic E-state index is 11.3. The molecule has 1 aromatic carbocycles. The van der Waals surface area contributed by atoms with Crippen molar-refractivity contribution in [1.29, 1.82) is 0 Å². The van der Waals surface area contributed by atoms with Gasteiger partial charge in [-0.25, -0.2) is 0 Å². The van der Waals surface area contributed by atoms with Crippen LogP contribution in [-0.2, 0) is 9.53 Å². The lowest BCUT2D eigenvalue weighted by Gasteiger charge is -2.41. The van der Waals surface area contributed by atoms with Gasteiger partial charge in [-0.15, -0.1) is 12.4 Å². The second-order valence-electron chi connectivity index (χ2n) is 6.19. The summed E-state index contributed by atoms with van der Waals surface area (Å²) in [6, 6.07) is 11.0. The molecule has 1 atom stereocenters. The first-order valence-corrected chi connectivity index (χ1v) is 7.84. The number of benzene rings is 1. The van der Waals surface area contributed by atoms with Gasteiger partial charge in [0.15, 0.2) is 0 Å². The minimum Gasteiger partial charge on any atom is -0.469 e. The van der Waals surface area contributed by atoms with Gasteiger partial charge < -0.3 is 10.1 Å². The van der Waals surface area contributed by atoms with Gasteiger partial charge in [-0.05, 0) is 31.4 Å². The van der Waals surface area contributed by atoms with Crippen molar-refractivity contribution in [3.63, 3.8) is 0 Å². The molecule has 0 aromatic heterocycles. The molecule has 3 rings (SSSR count). The number of halogens is 1. The molecule has 0 bridgehead atoms. The molecular weight excluding hydrogens is 300 g/mol. The lowest BCUT2D eigenvalue weighted by molar-refractivity contribution is -0.140. The average Bonchev–Trinajstić information content (AvgIpc) is 3.30. The number of piperazine rings is 1. The Balaban J connectivity index is 0.00000176. The molecule has 1 spiro atoms. The monoisotopic (exact) mass is 324 g/mol.